The van der Waals surface area contributed by atoms with Crippen LogP contribution in [0.25, 0.3) is 0 Å². The maximum Gasteiger partial charge on any atom is 0.331 e. The second-order valence-electron chi connectivity index (χ2n) is 17.5. The number of hydrogen-bond acceptors (Lipinski definition) is 8. The van der Waals surface area contributed by atoms with E-state index in [2.05, 4.69) is 80.3 Å². The number of allylic oxidation sites excluding steroid dienone is 16. The fourth-order valence-corrected chi connectivity index (χ4v) is 7.01. The van der Waals surface area contributed by atoms with Crippen LogP contribution in [-0.4, -0.2) is 42.5 Å². The summed E-state index contributed by atoms with van der Waals surface area (Å²) in [6.45, 7) is 6.27. The maximum absolute atomic E-state index is 12.8. The molecule has 0 aromatic rings. The van der Waals surface area contributed by atoms with Gasteiger partial charge in [-0.25, -0.2) is 10.1 Å². The van der Waals surface area contributed by atoms with Crippen LogP contribution >= 0.6 is 0 Å². The van der Waals surface area contributed by atoms with Crippen molar-refractivity contribution >= 4 is 17.9 Å². The SMILES string of the molecule is CCCCC/C=C\C/C=C\CCCCCCCC(=O)OCC(COC(=O)CCCCCCC/C=C\C/C=C\CCCCC)OC(=O)C=CC=CC(=CC=CC=CCCCCCCCCC)OO. The summed E-state index contributed by atoms with van der Waals surface area (Å²) in [7, 11) is 0. The highest BCUT2D eigenvalue weighted by molar-refractivity contribution is 5.82. The van der Waals surface area contributed by atoms with Crippen LogP contribution in [0.5, 0.6) is 0 Å². The molecule has 8 heteroatoms. The van der Waals surface area contributed by atoms with Gasteiger partial charge in [-0.3, -0.25) is 9.59 Å². The zero-order valence-corrected chi connectivity index (χ0v) is 42.7. The predicted molar refractivity (Wildman–Crippen MR) is 281 cm³/mol. The molecular weight excluding hydrogens is 837 g/mol. The Bertz CT molecular complexity index is 1370. The molecule has 0 unspecified atom stereocenters. The van der Waals surface area contributed by atoms with Crippen molar-refractivity contribution < 1.29 is 38.7 Å². The monoisotopic (exact) mass is 933 g/mol. The molecule has 67 heavy (non-hydrogen) atoms. The normalized spacial score (nSPS) is 12.6. The number of rotatable bonds is 47. The zero-order chi connectivity index (χ0) is 48.8. The molecule has 0 rings (SSSR count). The van der Waals surface area contributed by atoms with E-state index in [0.29, 0.717) is 0 Å². The molecule has 380 valence electrons. The second kappa shape index (κ2) is 52.8. The lowest BCUT2D eigenvalue weighted by atomic mass is 10.1. The van der Waals surface area contributed by atoms with Gasteiger partial charge < -0.3 is 19.1 Å². The third kappa shape index (κ3) is 49.6. The van der Waals surface area contributed by atoms with Gasteiger partial charge in [0.1, 0.15) is 13.2 Å². The molecule has 0 spiro atoms. The number of esters is 3. The summed E-state index contributed by atoms with van der Waals surface area (Å²) in [6, 6.07) is 0. The van der Waals surface area contributed by atoms with Gasteiger partial charge >= 0.3 is 17.9 Å². The molecule has 0 aliphatic rings. The van der Waals surface area contributed by atoms with Gasteiger partial charge in [-0.2, -0.15) is 0 Å². The molecule has 1 N–H and O–H groups in total. The lowest BCUT2D eigenvalue weighted by Crippen LogP contribution is -2.30. The van der Waals surface area contributed by atoms with Crippen molar-refractivity contribution in [3.63, 3.8) is 0 Å². The molecule has 0 bridgehead atoms. The molecule has 0 saturated carbocycles. The summed E-state index contributed by atoms with van der Waals surface area (Å²) in [4.78, 5) is 42.4. The largest absolute Gasteiger partial charge is 0.462 e. The molecule has 0 fully saturated rings. The van der Waals surface area contributed by atoms with Crippen LogP contribution < -0.4 is 0 Å². The molecule has 0 radical (unpaired) electrons. The van der Waals surface area contributed by atoms with Crippen LogP contribution in [0.15, 0.2) is 109 Å². The lowest BCUT2D eigenvalue weighted by molar-refractivity contribution is -0.198. The first-order valence-electron chi connectivity index (χ1n) is 26.8. The Morgan fingerprint density at radius 1 is 0.418 bits per heavy atom. The van der Waals surface area contributed by atoms with Crippen molar-refractivity contribution in [3.8, 4) is 0 Å². The van der Waals surface area contributed by atoms with Gasteiger partial charge in [0.15, 0.2) is 11.9 Å². The molecule has 0 heterocycles. The number of carbonyl (C=O) groups excluding carboxylic acids is 3. The van der Waals surface area contributed by atoms with Crippen LogP contribution in [0.1, 0.15) is 226 Å². The van der Waals surface area contributed by atoms with Crippen LogP contribution in [0.2, 0.25) is 0 Å². The molecule has 0 aromatic heterocycles. The Balaban J connectivity index is 4.82. The maximum atomic E-state index is 12.8. The van der Waals surface area contributed by atoms with Gasteiger partial charge in [0.25, 0.3) is 0 Å². The Hall–Kier alpha value is -4.17. The molecule has 0 aromatic carbocycles. The number of carbonyl (C=O) groups is 3. The summed E-state index contributed by atoms with van der Waals surface area (Å²) < 4.78 is 16.5. The minimum atomic E-state index is -0.955. The minimum Gasteiger partial charge on any atom is -0.462 e. The van der Waals surface area contributed by atoms with Crippen molar-refractivity contribution in [1.29, 1.82) is 0 Å². The fraction of sp³-hybridized carbons (Fsp3) is 0.644. The summed E-state index contributed by atoms with van der Waals surface area (Å²) in [6.07, 6.45) is 66.7. The van der Waals surface area contributed by atoms with E-state index in [1.807, 2.05) is 12.2 Å². The lowest BCUT2D eigenvalue weighted by Gasteiger charge is -2.17. The van der Waals surface area contributed by atoms with E-state index in [1.54, 1.807) is 12.2 Å². The van der Waals surface area contributed by atoms with Crippen molar-refractivity contribution in [1.82, 2.24) is 0 Å². The van der Waals surface area contributed by atoms with E-state index >= 15 is 0 Å². The first kappa shape index (κ1) is 62.8. The Morgan fingerprint density at radius 2 is 0.806 bits per heavy atom. The van der Waals surface area contributed by atoms with E-state index in [9.17, 15) is 19.6 Å². The molecule has 8 nitrogen and oxygen atoms in total. The molecule has 0 amide bonds. The van der Waals surface area contributed by atoms with Gasteiger partial charge in [0.2, 0.25) is 0 Å². The minimum absolute atomic E-state index is 0.180. The van der Waals surface area contributed by atoms with E-state index < -0.39 is 12.1 Å². The summed E-state index contributed by atoms with van der Waals surface area (Å²) in [5.74, 6) is -1.25. The molecule has 0 atom stereocenters. The number of ether oxygens (including phenoxy) is 3. The van der Waals surface area contributed by atoms with Gasteiger partial charge in [0.05, 0.1) is 0 Å². The zero-order valence-electron chi connectivity index (χ0n) is 42.7. The van der Waals surface area contributed by atoms with Crippen molar-refractivity contribution in [2.45, 2.75) is 232 Å². The number of hydrogen-bond donors (Lipinski definition) is 1. The van der Waals surface area contributed by atoms with E-state index in [1.165, 1.54) is 121 Å². The molecule has 0 aliphatic carbocycles. The second-order valence-corrected chi connectivity index (χ2v) is 17.5. The first-order valence-corrected chi connectivity index (χ1v) is 26.8. The fourth-order valence-electron chi connectivity index (χ4n) is 7.01. The van der Waals surface area contributed by atoms with E-state index in [-0.39, 0.29) is 43.8 Å². The van der Waals surface area contributed by atoms with Gasteiger partial charge in [0, 0.05) is 18.9 Å². The van der Waals surface area contributed by atoms with Gasteiger partial charge in [-0.15, -0.1) is 0 Å². The summed E-state index contributed by atoms with van der Waals surface area (Å²) in [5.41, 5.74) is 0. The molecule has 0 saturated heterocycles. The van der Waals surface area contributed by atoms with Gasteiger partial charge in [-0.05, 0) is 102 Å². The summed E-state index contributed by atoms with van der Waals surface area (Å²) >= 11 is 0. The highest BCUT2D eigenvalue weighted by Crippen LogP contribution is 2.13. The van der Waals surface area contributed by atoms with Crippen LogP contribution in [-0.2, 0) is 33.5 Å². The predicted octanol–water partition coefficient (Wildman–Crippen LogP) is 17.4. The Kier molecular flexibility index (Phi) is 49.5. The smallest absolute Gasteiger partial charge is 0.331 e. The molecular formula is C59H96O8. The van der Waals surface area contributed by atoms with Crippen LogP contribution in [0, 0.1) is 0 Å². The standard InChI is InChI=1S/C59H96O8/c1-4-7-10-13-16-19-22-25-27-29-32-35-38-41-44-50-57(60)64-53-56(54-65-58(61)51-45-42-39-36-33-30-28-26-23-20-17-14-11-8-5-2)66-59(62)52-47-46-49-55(67-63)48-43-40-37-34-31-24-21-18-15-12-9-6-3/h16-17,19-20,25-28,34,37,40,43,46-49,52,56,63H,4-15,18,21-24,29-33,35-36,38-39,41-42,44-45,50-51,53-54H2,1-3H3/b19-16-,20-17-,27-25-,28-26-,37-34?,43-40?,49-46?,52-47?,55-48?. The third-order valence-electron chi connectivity index (χ3n) is 11.1. The van der Waals surface area contributed by atoms with E-state index in [4.69, 9.17) is 14.2 Å². The number of unbranched alkanes of at least 4 members (excludes halogenated alkanes) is 23. The summed E-state index contributed by atoms with van der Waals surface area (Å²) in [5, 5.41) is 9.29. The van der Waals surface area contributed by atoms with Crippen LogP contribution in [0.4, 0.5) is 0 Å². The topological polar surface area (TPSA) is 108 Å². The quantitative estimate of drug-likeness (QED) is 0.00740. The average molecular weight is 933 g/mol. The van der Waals surface area contributed by atoms with Crippen LogP contribution in [0.3, 0.4) is 0 Å². The van der Waals surface area contributed by atoms with E-state index in [0.717, 1.165) is 96.3 Å². The van der Waals surface area contributed by atoms with Crippen molar-refractivity contribution in [2.75, 3.05) is 13.2 Å². The third-order valence-corrected chi connectivity index (χ3v) is 11.1. The average Bonchev–Trinajstić information content (AvgIpc) is 3.33. The van der Waals surface area contributed by atoms with Crippen molar-refractivity contribution in [3.05, 3.63) is 109 Å². The Morgan fingerprint density at radius 3 is 1.27 bits per heavy atom. The first-order chi connectivity index (χ1) is 33.0. The molecule has 0 aliphatic heterocycles. The highest BCUT2D eigenvalue weighted by atomic mass is 17.1. The van der Waals surface area contributed by atoms with Crippen molar-refractivity contribution in [2.24, 2.45) is 0 Å². The van der Waals surface area contributed by atoms with Gasteiger partial charge in [-0.1, -0.05) is 209 Å². The highest BCUT2D eigenvalue weighted by Gasteiger charge is 2.18. The Labute approximate surface area is 409 Å².